The molecule has 1 fully saturated rings. The lowest BCUT2D eigenvalue weighted by atomic mass is 9.98. The normalized spacial score (nSPS) is 19.3. The van der Waals surface area contributed by atoms with E-state index in [0.717, 1.165) is 31.5 Å². The molecule has 1 aliphatic heterocycles. The highest BCUT2D eigenvalue weighted by Crippen LogP contribution is 2.18. The van der Waals surface area contributed by atoms with Crippen LogP contribution in [0, 0.1) is 5.92 Å². The van der Waals surface area contributed by atoms with Gasteiger partial charge in [-0.2, -0.15) is 0 Å². The van der Waals surface area contributed by atoms with Crippen molar-refractivity contribution in [3.05, 3.63) is 0 Å². The molecule has 1 saturated heterocycles. The quantitative estimate of drug-likeness (QED) is 0.680. The van der Waals surface area contributed by atoms with Gasteiger partial charge >= 0.3 is 0 Å². The van der Waals surface area contributed by atoms with E-state index in [2.05, 4.69) is 30.7 Å². The van der Waals surface area contributed by atoms with Crippen molar-refractivity contribution >= 4 is 0 Å². The van der Waals surface area contributed by atoms with Gasteiger partial charge < -0.3 is 15.5 Å². The van der Waals surface area contributed by atoms with E-state index in [1.807, 2.05) is 0 Å². The predicted octanol–water partition coefficient (Wildman–Crippen LogP) is 0.607. The van der Waals surface area contributed by atoms with E-state index in [0.29, 0.717) is 0 Å². The van der Waals surface area contributed by atoms with Gasteiger partial charge in [0.25, 0.3) is 0 Å². The third-order valence-electron chi connectivity index (χ3n) is 3.03. The lowest BCUT2D eigenvalue weighted by molar-refractivity contribution is 0.0476. The van der Waals surface area contributed by atoms with Crippen LogP contribution in [0.5, 0.6) is 0 Å². The molecule has 0 aromatic rings. The molecule has 1 aliphatic rings. The van der Waals surface area contributed by atoms with Crippen molar-refractivity contribution in [3.8, 4) is 0 Å². The summed E-state index contributed by atoms with van der Waals surface area (Å²) in [5, 5.41) is 0. The fraction of sp³-hybridized carbons (Fsp3) is 1.00. The average Bonchev–Trinajstić information content (AvgIpc) is 2.06. The zero-order chi connectivity index (χ0) is 10.6. The Bertz CT molecular complexity index is 153. The second-order valence-electron chi connectivity index (χ2n) is 4.82. The maximum Gasteiger partial charge on any atom is 0.00388 e. The summed E-state index contributed by atoms with van der Waals surface area (Å²) in [7, 11) is 2.20. The van der Waals surface area contributed by atoms with E-state index < -0.39 is 0 Å². The number of likely N-dealkylation sites (tertiary alicyclic amines) is 1. The Kier molecular flexibility index (Phi) is 4.85. The second-order valence-corrected chi connectivity index (χ2v) is 4.82. The van der Waals surface area contributed by atoms with Crippen LogP contribution in [0.25, 0.3) is 0 Å². The molecule has 14 heavy (non-hydrogen) atoms. The topological polar surface area (TPSA) is 32.5 Å². The SMILES string of the molecule is CC(C)N1CC(CN(C)CCCN)C1. The van der Waals surface area contributed by atoms with Crippen LogP contribution in [0.2, 0.25) is 0 Å². The summed E-state index contributed by atoms with van der Waals surface area (Å²) in [4.78, 5) is 4.94. The Balaban J connectivity index is 2.04. The molecule has 2 N–H and O–H groups in total. The number of rotatable bonds is 6. The van der Waals surface area contributed by atoms with Crippen molar-refractivity contribution in [1.29, 1.82) is 0 Å². The molecule has 0 aromatic carbocycles. The second kappa shape index (κ2) is 5.69. The van der Waals surface area contributed by atoms with Crippen LogP contribution < -0.4 is 5.73 Å². The van der Waals surface area contributed by atoms with Crippen molar-refractivity contribution in [1.82, 2.24) is 9.80 Å². The van der Waals surface area contributed by atoms with Gasteiger partial charge in [0.2, 0.25) is 0 Å². The molecular weight excluding hydrogens is 174 g/mol. The average molecular weight is 199 g/mol. The van der Waals surface area contributed by atoms with Gasteiger partial charge in [-0.15, -0.1) is 0 Å². The summed E-state index contributed by atoms with van der Waals surface area (Å²) in [6, 6.07) is 0.723. The minimum atomic E-state index is 0.723. The molecule has 1 rings (SSSR count). The largest absolute Gasteiger partial charge is 0.330 e. The van der Waals surface area contributed by atoms with Gasteiger partial charge in [-0.3, -0.25) is 0 Å². The van der Waals surface area contributed by atoms with E-state index in [1.165, 1.54) is 19.6 Å². The molecule has 0 aliphatic carbocycles. The maximum absolute atomic E-state index is 5.48. The Labute approximate surface area is 88.2 Å². The molecule has 0 spiro atoms. The molecule has 0 atom stereocenters. The minimum Gasteiger partial charge on any atom is -0.330 e. The van der Waals surface area contributed by atoms with E-state index in [4.69, 9.17) is 5.73 Å². The van der Waals surface area contributed by atoms with Crippen LogP contribution in [0.4, 0.5) is 0 Å². The van der Waals surface area contributed by atoms with Crippen molar-refractivity contribution in [2.75, 3.05) is 39.8 Å². The highest BCUT2D eigenvalue weighted by Gasteiger charge is 2.28. The third-order valence-corrected chi connectivity index (χ3v) is 3.03. The molecule has 0 amide bonds. The van der Waals surface area contributed by atoms with Crippen molar-refractivity contribution in [3.63, 3.8) is 0 Å². The minimum absolute atomic E-state index is 0.723. The molecule has 84 valence electrons. The summed E-state index contributed by atoms with van der Waals surface area (Å²) in [6.45, 7) is 10.3. The number of nitrogens with two attached hydrogens (primary N) is 1. The molecular formula is C11H25N3. The molecule has 1 heterocycles. The molecule has 3 nitrogen and oxygen atoms in total. The van der Waals surface area contributed by atoms with Crippen LogP contribution in [0.1, 0.15) is 20.3 Å². The summed E-state index contributed by atoms with van der Waals surface area (Å²) < 4.78 is 0. The van der Waals surface area contributed by atoms with Crippen LogP contribution in [-0.2, 0) is 0 Å². The van der Waals surface area contributed by atoms with Crippen molar-refractivity contribution in [2.45, 2.75) is 26.3 Å². The highest BCUT2D eigenvalue weighted by atomic mass is 15.2. The lowest BCUT2D eigenvalue weighted by Gasteiger charge is -2.43. The van der Waals surface area contributed by atoms with E-state index >= 15 is 0 Å². The Hall–Kier alpha value is -0.120. The Morgan fingerprint density at radius 1 is 1.43 bits per heavy atom. The van der Waals surface area contributed by atoms with Gasteiger partial charge in [0, 0.05) is 25.7 Å². The molecule has 3 heteroatoms. The van der Waals surface area contributed by atoms with Gasteiger partial charge in [0.15, 0.2) is 0 Å². The Morgan fingerprint density at radius 2 is 2.07 bits per heavy atom. The summed E-state index contributed by atoms with van der Waals surface area (Å²) in [5.41, 5.74) is 5.48. The number of hydrogen-bond acceptors (Lipinski definition) is 3. The fourth-order valence-corrected chi connectivity index (χ4v) is 2.04. The molecule has 0 radical (unpaired) electrons. The van der Waals surface area contributed by atoms with Crippen LogP contribution >= 0.6 is 0 Å². The monoisotopic (exact) mass is 199 g/mol. The Morgan fingerprint density at radius 3 is 2.57 bits per heavy atom. The number of nitrogens with zero attached hydrogens (tertiary/aromatic N) is 2. The van der Waals surface area contributed by atoms with Gasteiger partial charge in [-0.25, -0.2) is 0 Å². The van der Waals surface area contributed by atoms with Gasteiger partial charge in [-0.1, -0.05) is 0 Å². The van der Waals surface area contributed by atoms with Crippen molar-refractivity contribution in [2.24, 2.45) is 11.7 Å². The van der Waals surface area contributed by atoms with E-state index in [9.17, 15) is 0 Å². The third kappa shape index (κ3) is 3.56. The zero-order valence-corrected chi connectivity index (χ0v) is 9.87. The van der Waals surface area contributed by atoms with E-state index in [1.54, 1.807) is 0 Å². The molecule has 0 aromatic heterocycles. The summed E-state index contributed by atoms with van der Waals surface area (Å²) in [6.07, 6.45) is 1.12. The predicted molar refractivity (Wildman–Crippen MR) is 61.4 cm³/mol. The van der Waals surface area contributed by atoms with E-state index in [-0.39, 0.29) is 0 Å². The smallest absolute Gasteiger partial charge is 0.00388 e. The zero-order valence-electron chi connectivity index (χ0n) is 9.87. The van der Waals surface area contributed by atoms with Crippen LogP contribution in [0.15, 0.2) is 0 Å². The maximum atomic E-state index is 5.48. The van der Waals surface area contributed by atoms with Gasteiger partial charge in [0.05, 0.1) is 0 Å². The van der Waals surface area contributed by atoms with Crippen LogP contribution in [0.3, 0.4) is 0 Å². The fourth-order valence-electron chi connectivity index (χ4n) is 2.04. The summed E-state index contributed by atoms with van der Waals surface area (Å²) >= 11 is 0. The summed E-state index contributed by atoms with van der Waals surface area (Å²) in [5.74, 6) is 0.889. The first-order chi connectivity index (χ1) is 6.63. The van der Waals surface area contributed by atoms with Gasteiger partial charge in [-0.05, 0) is 46.3 Å². The molecule has 0 bridgehead atoms. The first-order valence-electron chi connectivity index (χ1n) is 5.76. The molecule has 0 saturated carbocycles. The standard InChI is InChI=1S/C11H25N3/c1-10(2)14-8-11(9-14)7-13(3)6-4-5-12/h10-11H,4-9,12H2,1-3H3. The lowest BCUT2D eigenvalue weighted by Crippen LogP contribution is -2.53. The first-order valence-corrected chi connectivity index (χ1v) is 5.76. The van der Waals surface area contributed by atoms with Crippen LogP contribution in [-0.4, -0.2) is 55.6 Å². The molecule has 0 unspecified atom stereocenters. The number of hydrogen-bond donors (Lipinski definition) is 1. The van der Waals surface area contributed by atoms with Gasteiger partial charge in [0.1, 0.15) is 0 Å². The highest BCUT2D eigenvalue weighted by molar-refractivity contribution is 4.83. The van der Waals surface area contributed by atoms with Crippen molar-refractivity contribution < 1.29 is 0 Å². The first kappa shape index (κ1) is 12.0.